The third kappa shape index (κ3) is 16.6. The molecule has 0 aliphatic carbocycles. The first-order valence-corrected chi connectivity index (χ1v) is 12.9. The highest BCUT2D eigenvalue weighted by atomic mass is 32.2. The average Bonchev–Trinajstić information content (AvgIpc) is 2.74. The van der Waals surface area contributed by atoms with Gasteiger partial charge in [0.2, 0.25) is 0 Å². The third-order valence-electron chi connectivity index (χ3n) is 5.18. The van der Waals surface area contributed by atoms with E-state index in [4.69, 9.17) is 14.9 Å². The van der Waals surface area contributed by atoms with Crippen LogP contribution in [0.1, 0.15) is 96.3 Å². The standard InChI is InChI=1S/C25H40O5S/c26-24(27)18-10-7-5-3-1-2-4-6-8-14-20-30-22-16-12-13-17-23(22)31-21-15-9-11-19-25(28)29/h12-13,16-17H,1-11,14-15,18-21H2,(H,26,27)(H,28,29). The molecule has 0 saturated heterocycles. The Labute approximate surface area is 192 Å². The lowest BCUT2D eigenvalue weighted by molar-refractivity contribution is -0.138. The Morgan fingerprint density at radius 3 is 1.74 bits per heavy atom. The van der Waals surface area contributed by atoms with Crippen LogP contribution >= 0.6 is 11.8 Å². The molecule has 0 spiro atoms. The molecule has 1 aromatic carbocycles. The van der Waals surface area contributed by atoms with Crippen LogP contribution < -0.4 is 4.74 Å². The fourth-order valence-corrected chi connectivity index (χ4v) is 4.41. The van der Waals surface area contributed by atoms with Crippen molar-refractivity contribution in [3.8, 4) is 5.75 Å². The smallest absolute Gasteiger partial charge is 0.303 e. The van der Waals surface area contributed by atoms with Crippen LogP contribution in [0.25, 0.3) is 0 Å². The zero-order valence-electron chi connectivity index (χ0n) is 18.9. The van der Waals surface area contributed by atoms with Gasteiger partial charge in [-0.25, -0.2) is 0 Å². The predicted molar refractivity (Wildman–Crippen MR) is 127 cm³/mol. The van der Waals surface area contributed by atoms with Crippen molar-refractivity contribution in [3.05, 3.63) is 24.3 Å². The Morgan fingerprint density at radius 1 is 0.677 bits per heavy atom. The first-order valence-electron chi connectivity index (χ1n) is 11.9. The minimum absolute atomic E-state index is 0.263. The van der Waals surface area contributed by atoms with E-state index in [0.29, 0.717) is 6.42 Å². The minimum Gasteiger partial charge on any atom is -0.492 e. The first kappa shape index (κ1) is 27.3. The maximum Gasteiger partial charge on any atom is 0.303 e. The number of ether oxygens (including phenoxy) is 1. The van der Waals surface area contributed by atoms with Gasteiger partial charge in [-0.05, 0) is 43.6 Å². The van der Waals surface area contributed by atoms with E-state index >= 15 is 0 Å². The summed E-state index contributed by atoms with van der Waals surface area (Å²) < 4.78 is 6.01. The van der Waals surface area contributed by atoms with Crippen LogP contribution in [0, 0.1) is 0 Å². The van der Waals surface area contributed by atoms with Gasteiger partial charge >= 0.3 is 11.9 Å². The highest BCUT2D eigenvalue weighted by molar-refractivity contribution is 7.99. The number of carbonyl (C=O) groups is 2. The highest BCUT2D eigenvalue weighted by Gasteiger charge is 2.04. The van der Waals surface area contributed by atoms with Crippen molar-refractivity contribution in [2.45, 2.75) is 101 Å². The van der Waals surface area contributed by atoms with Crippen LogP contribution in [0.4, 0.5) is 0 Å². The fraction of sp³-hybridized carbons (Fsp3) is 0.680. The Hall–Kier alpha value is -1.69. The SMILES string of the molecule is O=C(O)CCCCCCCCCCCCOc1ccccc1SCCCCCC(=O)O. The molecule has 1 rings (SSSR count). The summed E-state index contributed by atoms with van der Waals surface area (Å²) in [4.78, 5) is 22.2. The number of hydrogen-bond acceptors (Lipinski definition) is 4. The molecule has 0 saturated carbocycles. The van der Waals surface area contributed by atoms with E-state index < -0.39 is 11.9 Å². The molecule has 0 aliphatic rings. The number of carboxylic acid groups (broad SMARTS) is 2. The van der Waals surface area contributed by atoms with Crippen molar-refractivity contribution in [1.82, 2.24) is 0 Å². The lowest BCUT2D eigenvalue weighted by atomic mass is 10.1. The summed E-state index contributed by atoms with van der Waals surface area (Å²) in [5.41, 5.74) is 0. The van der Waals surface area contributed by atoms with Crippen molar-refractivity contribution >= 4 is 23.7 Å². The minimum atomic E-state index is -0.712. The van der Waals surface area contributed by atoms with Gasteiger partial charge in [0.05, 0.1) is 6.61 Å². The largest absolute Gasteiger partial charge is 0.492 e. The zero-order valence-corrected chi connectivity index (χ0v) is 19.7. The topological polar surface area (TPSA) is 83.8 Å². The van der Waals surface area contributed by atoms with E-state index in [0.717, 1.165) is 63.1 Å². The van der Waals surface area contributed by atoms with Crippen LogP contribution in [0.2, 0.25) is 0 Å². The molecule has 0 heterocycles. The summed E-state index contributed by atoms with van der Waals surface area (Å²) in [6.07, 6.45) is 14.8. The molecule has 31 heavy (non-hydrogen) atoms. The molecule has 5 nitrogen and oxygen atoms in total. The number of rotatable bonds is 21. The van der Waals surface area contributed by atoms with Crippen LogP contribution in [0.5, 0.6) is 5.75 Å². The molecule has 0 unspecified atom stereocenters. The second-order valence-corrected chi connectivity index (χ2v) is 9.16. The van der Waals surface area contributed by atoms with Gasteiger partial charge in [-0.1, -0.05) is 69.9 Å². The molecule has 0 radical (unpaired) electrons. The van der Waals surface area contributed by atoms with Gasteiger partial charge in [-0.15, -0.1) is 11.8 Å². The van der Waals surface area contributed by atoms with Crippen LogP contribution in [-0.4, -0.2) is 34.5 Å². The molecule has 176 valence electrons. The Bertz CT molecular complexity index is 605. The lowest BCUT2D eigenvalue weighted by Crippen LogP contribution is -1.99. The summed E-state index contributed by atoms with van der Waals surface area (Å²) in [6.45, 7) is 0.750. The molecular formula is C25H40O5S. The van der Waals surface area contributed by atoms with Gasteiger partial charge in [-0.2, -0.15) is 0 Å². The van der Waals surface area contributed by atoms with Gasteiger partial charge in [-0.3, -0.25) is 9.59 Å². The van der Waals surface area contributed by atoms with Crippen molar-refractivity contribution < 1.29 is 24.5 Å². The summed E-state index contributed by atoms with van der Waals surface area (Å²) >= 11 is 1.79. The van der Waals surface area contributed by atoms with E-state index in [1.54, 1.807) is 11.8 Å². The molecule has 0 amide bonds. The second-order valence-electron chi connectivity index (χ2n) is 8.03. The van der Waals surface area contributed by atoms with Crippen molar-refractivity contribution in [3.63, 3.8) is 0 Å². The molecule has 0 bridgehead atoms. The number of thioether (sulfide) groups is 1. The summed E-state index contributed by atoms with van der Waals surface area (Å²) in [5, 5.41) is 17.3. The molecule has 0 fully saturated rings. The van der Waals surface area contributed by atoms with E-state index in [1.807, 2.05) is 18.2 Å². The molecule has 0 atom stereocenters. The zero-order chi connectivity index (χ0) is 22.6. The number of unbranched alkanes of at least 4 members (excludes halogenated alkanes) is 11. The maximum atomic E-state index is 10.5. The van der Waals surface area contributed by atoms with Crippen molar-refractivity contribution in [2.24, 2.45) is 0 Å². The van der Waals surface area contributed by atoms with Crippen molar-refractivity contribution in [2.75, 3.05) is 12.4 Å². The molecule has 6 heteroatoms. The normalized spacial score (nSPS) is 10.8. The summed E-state index contributed by atoms with van der Waals surface area (Å²) in [6, 6.07) is 8.17. The third-order valence-corrected chi connectivity index (χ3v) is 6.33. The second kappa shape index (κ2) is 19.0. The summed E-state index contributed by atoms with van der Waals surface area (Å²) in [7, 11) is 0. The van der Waals surface area contributed by atoms with Gasteiger partial charge in [0.1, 0.15) is 5.75 Å². The van der Waals surface area contributed by atoms with E-state index in [2.05, 4.69) is 6.07 Å². The van der Waals surface area contributed by atoms with Gasteiger partial charge in [0, 0.05) is 17.7 Å². The van der Waals surface area contributed by atoms with E-state index in [9.17, 15) is 9.59 Å². The monoisotopic (exact) mass is 452 g/mol. The Kier molecular flexibility index (Phi) is 16.8. The number of aliphatic carboxylic acids is 2. The number of para-hydroxylation sites is 1. The molecule has 0 aromatic heterocycles. The number of hydrogen-bond donors (Lipinski definition) is 2. The highest BCUT2D eigenvalue weighted by Crippen LogP contribution is 2.30. The van der Waals surface area contributed by atoms with Gasteiger partial charge in [0.15, 0.2) is 0 Å². The molecule has 1 aromatic rings. The van der Waals surface area contributed by atoms with Gasteiger partial charge < -0.3 is 14.9 Å². The van der Waals surface area contributed by atoms with Crippen molar-refractivity contribution in [1.29, 1.82) is 0 Å². The Morgan fingerprint density at radius 2 is 1.16 bits per heavy atom. The first-order chi connectivity index (χ1) is 15.1. The molecular weight excluding hydrogens is 412 g/mol. The van der Waals surface area contributed by atoms with Crippen LogP contribution in [0.3, 0.4) is 0 Å². The number of carboxylic acids is 2. The quantitative estimate of drug-likeness (QED) is 0.152. The maximum absolute atomic E-state index is 10.5. The molecule has 2 N–H and O–H groups in total. The predicted octanol–water partition coefficient (Wildman–Crippen LogP) is 7.18. The average molecular weight is 453 g/mol. The van der Waals surface area contributed by atoms with E-state index in [1.165, 1.54) is 43.4 Å². The van der Waals surface area contributed by atoms with Gasteiger partial charge in [0.25, 0.3) is 0 Å². The number of benzene rings is 1. The fourth-order valence-electron chi connectivity index (χ4n) is 3.40. The van der Waals surface area contributed by atoms with E-state index in [-0.39, 0.29) is 6.42 Å². The molecule has 0 aliphatic heterocycles. The lowest BCUT2D eigenvalue weighted by Gasteiger charge is -2.11. The summed E-state index contributed by atoms with van der Waals surface area (Å²) in [5.74, 6) is 0.549. The van der Waals surface area contributed by atoms with Crippen LogP contribution in [0.15, 0.2) is 29.2 Å². The Balaban J connectivity index is 2.00. The van der Waals surface area contributed by atoms with Crippen LogP contribution in [-0.2, 0) is 9.59 Å².